The third kappa shape index (κ3) is 4.55. The number of hydrogen-bond donors (Lipinski definition) is 1. The Bertz CT molecular complexity index is 631. The predicted molar refractivity (Wildman–Crippen MR) is 88.3 cm³/mol. The summed E-state index contributed by atoms with van der Waals surface area (Å²) in [6.45, 7) is 7.01. The fraction of sp³-hybridized carbons (Fsp3) is 0.375. The summed E-state index contributed by atoms with van der Waals surface area (Å²) in [4.78, 5) is 16.6. The van der Waals surface area contributed by atoms with Gasteiger partial charge in [0.05, 0.1) is 10.7 Å². The molecule has 0 bridgehead atoms. The number of amides is 1. The summed E-state index contributed by atoms with van der Waals surface area (Å²) in [5.41, 5.74) is 1.75. The van der Waals surface area contributed by atoms with Crippen LogP contribution in [0.15, 0.2) is 29.6 Å². The van der Waals surface area contributed by atoms with E-state index in [4.69, 9.17) is 11.6 Å². The summed E-state index contributed by atoms with van der Waals surface area (Å²) < 4.78 is 0. The molecule has 0 unspecified atom stereocenters. The molecule has 0 aliphatic rings. The third-order valence-electron chi connectivity index (χ3n) is 3.03. The molecule has 2 aromatic rings. The number of hydrogen-bond acceptors (Lipinski definition) is 3. The van der Waals surface area contributed by atoms with Gasteiger partial charge < -0.3 is 5.32 Å². The van der Waals surface area contributed by atoms with Crippen LogP contribution in [0.25, 0.3) is 0 Å². The number of thiazole rings is 1. The van der Waals surface area contributed by atoms with E-state index < -0.39 is 0 Å². The molecule has 21 heavy (non-hydrogen) atoms. The van der Waals surface area contributed by atoms with Gasteiger partial charge in [0.25, 0.3) is 5.91 Å². The minimum absolute atomic E-state index is 0.0682. The number of carbonyl (C=O) groups is 1. The Hall–Kier alpha value is -1.39. The van der Waals surface area contributed by atoms with E-state index in [1.165, 1.54) is 0 Å². The van der Waals surface area contributed by atoms with Crippen molar-refractivity contribution in [3.63, 3.8) is 0 Å². The van der Waals surface area contributed by atoms with E-state index in [1.807, 2.05) is 0 Å². The summed E-state index contributed by atoms with van der Waals surface area (Å²) in [6.07, 6.45) is 0.743. The zero-order valence-electron chi connectivity index (χ0n) is 12.4. The lowest BCUT2D eigenvalue weighted by molar-refractivity contribution is 0.0954. The van der Waals surface area contributed by atoms with Crippen molar-refractivity contribution in [1.29, 1.82) is 0 Å². The molecule has 0 spiro atoms. The number of carbonyl (C=O) groups excluding carboxylic acids is 1. The zero-order chi connectivity index (χ0) is 15.5. The van der Waals surface area contributed by atoms with Crippen LogP contribution in [-0.2, 0) is 11.8 Å². The molecule has 1 aromatic carbocycles. The first-order valence-corrected chi connectivity index (χ1v) is 8.10. The van der Waals surface area contributed by atoms with Crippen LogP contribution in [-0.4, -0.2) is 17.4 Å². The third-order valence-corrected chi connectivity index (χ3v) is 4.18. The van der Waals surface area contributed by atoms with Crippen molar-refractivity contribution in [3.8, 4) is 0 Å². The molecule has 0 fully saturated rings. The monoisotopic (exact) mass is 322 g/mol. The van der Waals surface area contributed by atoms with Gasteiger partial charge in [-0.2, -0.15) is 0 Å². The summed E-state index contributed by atoms with van der Waals surface area (Å²) in [7, 11) is 0. The molecule has 0 aliphatic carbocycles. The second-order valence-corrected chi connectivity index (χ2v) is 7.27. The molecule has 3 nitrogen and oxygen atoms in total. The highest BCUT2D eigenvalue weighted by Gasteiger charge is 2.17. The van der Waals surface area contributed by atoms with Crippen LogP contribution in [0.3, 0.4) is 0 Å². The van der Waals surface area contributed by atoms with Crippen LogP contribution in [0.5, 0.6) is 0 Å². The van der Waals surface area contributed by atoms with Crippen molar-refractivity contribution in [2.24, 2.45) is 0 Å². The van der Waals surface area contributed by atoms with E-state index in [0.29, 0.717) is 17.1 Å². The van der Waals surface area contributed by atoms with Gasteiger partial charge in [-0.1, -0.05) is 38.4 Å². The Morgan fingerprint density at radius 1 is 1.38 bits per heavy atom. The maximum atomic E-state index is 12.0. The lowest BCUT2D eigenvalue weighted by Gasteiger charge is -2.14. The smallest absolute Gasteiger partial charge is 0.251 e. The van der Waals surface area contributed by atoms with Gasteiger partial charge in [0, 0.05) is 34.3 Å². The largest absolute Gasteiger partial charge is 0.352 e. The minimum atomic E-state index is -0.106. The average Bonchev–Trinajstić information content (AvgIpc) is 2.87. The Balaban J connectivity index is 1.87. The highest BCUT2D eigenvalue weighted by molar-refractivity contribution is 7.09. The topological polar surface area (TPSA) is 42.0 Å². The molecule has 5 heteroatoms. The van der Waals surface area contributed by atoms with E-state index in [1.54, 1.807) is 35.6 Å². The molecular formula is C16H19ClN2OS. The molecule has 0 aliphatic heterocycles. The van der Waals surface area contributed by atoms with E-state index in [2.05, 4.69) is 36.5 Å². The fourth-order valence-corrected chi connectivity index (χ4v) is 3.00. The first-order valence-electron chi connectivity index (χ1n) is 6.85. The standard InChI is InChI=1S/C16H19ClN2OS/c1-16(2,3)13-10-21-14(19-13)7-8-18-15(20)11-5-4-6-12(17)9-11/h4-6,9-10H,7-8H2,1-3H3,(H,18,20). The van der Waals surface area contributed by atoms with Gasteiger partial charge in [-0.3, -0.25) is 4.79 Å². The van der Waals surface area contributed by atoms with Gasteiger partial charge in [-0.05, 0) is 18.2 Å². The first kappa shape index (κ1) is 16.0. The van der Waals surface area contributed by atoms with E-state index in [9.17, 15) is 4.79 Å². The summed E-state index contributed by atoms with van der Waals surface area (Å²) in [5, 5.41) is 6.60. The number of benzene rings is 1. The molecule has 2 rings (SSSR count). The Labute approximate surface area is 134 Å². The zero-order valence-corrected chi connectivity index (χ0v) is 14.0. The second-order valence-electron chi connectivity index (χ2n) is 5.89. The molecule has 0 saturated heterocycles. The maximum Gasteiger partial charge on any atom is 0.251 e. The average molecular weight is 323 g/mol. The first-order chi connectivity index (χ1) is 9.86. The fourth-order valence-electron chi connectivity index (χ4n) is 1.78. The molecule has 0 radical (unpaired) electrons. The van der Waals surface area contributed by atoms with Crippen LogP contribution in [0.2, 0.25) is 5.02 Å². The molecule has 1 aromatic heterocycles. The van der Waals surface area contributed by atoms with Crippen molar-refractivity contribution in [3.05, 3.63) is 50.9 Å². The molecule has 1 heterocycles. The number of nitrogens with zero attached hydrogens (tertiary/aromatic N) is 1. The van der Waals surface area contributed by atoms with Crippen LogP contribution < -0.4 is 5.32 Å². The van der Waals surface area contributed by atoms with Gasteiger partial charge in [-0.15, -0.1) is 11.3 Å². The van der Waals surface area contributed by atoms with Gasteiger partial charge in [0.2, 0.25) is 0 Å². The summed E-state index contributed by atoms with van der Waals surface area (Å²) in [5.74, 6) is -0.106. The van der Waals surface area contributed by atoms with Crippen LogP contribution >= 0.6 is 22.9 Å². The van der Waals surface area contributed by atoms with Crippen molar-refractivity contribution < 1.29 is 4.79 Å². The SMILES string of the molecule is CC(C)(C)c1csc(CCNC(=O)c2cccc(Cl)c2)n1. The molecular weight excluding hydrogens is 304 g/mol. The summed E-state index contributed by atoms with van der Waals surface area (Å²) >= 11 is 7.52. The van der Waals surface area contributed by atoms with Crippen LogP contribution in [0.1, 0.15) is 41.8 Å². The van der Waals surface area contributed by atoms with Crippen LogP contribution in [0, 0.1) is 0 Å². The van der Waals surface area contributed by atoms with Crippen molar-refractivity contribution in [1.82, 2.24) is 10.3 Å². The molecule has 1 amide bonds. The maximum absolute atomic E-state index is 12.0. The van der Waals surface area contributed by atoms with Crippen molar-refractivity contribution >= 4 is 28.8 Å². The van der Waals surface area contributed by atoms with Crippen molar-refractivity contribution in [2.75, 3.05) is 6.54 Å². The Morgan fingerprint density at radius 3 is 2.76 bits per heavy atom. The molecule has 112 valence electrons. The van der Waals surface area contributed by atoms with E-state index in [-0.39, 0.29) is 11.3 Å². The normalized spacial score (nSPS) is 11.4. The highest BCUT2D eigenvalue weighted by atomic mass is 35.5. The Morgan fingerprint density at radius 2 is 2.14 bits per heavy atom. The number of halogens is 1. The van der Waals surface area contributed by atoms with Gasteiger partial charge >= 0.3 is 0 Å². The lowest BCUT2D eigenvalue weighted by Crippen LogP contribution is -2.25. The highest BCUT2D eigenvalue weighted by Crippen LogP contribution is 2.23. The van der Waals surface area contributed by atoms with Gasteiger partial charge in [0.1, 0.15) is 0 Å². The van der Waals surface area contributed by atoms with Crippen molar-refractivity contribution in [2.45, 2.75) is 32.6 Å². The van der Waals surface area contributed by atoms with Crippen LogP contribution in [0.4, 0.5) is 0 Å². The minimum Gasteiger partial charge on any atom is -0.352 e. The molecule has 1 N–H and O–H groups in total. The Kier molecular flexibility index (Phi) is 5.01. The number of aromatic nitrogens is 1. The number of nitrogens with one attached hydrogen (secondary N) is 1. The quantitative estimate of drug-likeness (QED) is 0.922. The predicted octanol–water partition coefficient (Wildman–Crippen LogP) is 4.07. The van der Waals surface area contributed by atoms with E-state index in [0.717, 1.165) is 17.1 Å². The molecule has 0 atom stereocenters. The number of rotatable bonds is 4. The second kappa shape index (κ2) is 6.58. The lowest BCUT2D eigenvalue weighted by atomic mass is 9.93. The van der Waals surface area contributed by atoms with Gasteiger partial charge in [-0.25, -0.2) is 4.98 Å². The van der Waals surface area contributed by atoms with E-state index >= 15 is 0 Å². The summed E-state index contributed by atoms with van der Waals surface area (Å²) in [6, 6.07) is 6.94. The molecule has 0 saturated carbocycles. The van der Waals surface area contributed by atoms with Gasteiger partial charge in [0.15, 0.2) is 0 Å².